The van der Waals surface area contributed by atoms with Gasteiger partial charge in [0.1, 0.15) is 5.82 Å². The highest BCUT2D eigenvalue weighted by Crippen LogP contribution is 2.26. The first kappa shape index (κ1) is 18.3. The number of aryl methyl sites for hydroxylation is 2. The number of hydrogen-bond acceptors (Lipinski definition) is 2. The lowest BCUT2D eigenvalue weighted by Crippen LogP contribution is -2.28. The van der Waals surface area contributed by atoms with Gasteiger partial charge in [-0.2, -0.15) is 0 Å². The first-order valence-corrected chi connectivity index (χ1v) is 9.99. The van der Waals surface area contributed by atoms with E-state index >= 15 is 0 Å². The fraction of sp³-hybridized carbons (Fsp3) is 0.350. The van der Waals surface area contributed by atoms with Crippen molar-refractivity contribution in [3.63, 3.8) is 0 Å². The highest BCUT2D eigenvalue weighted by Gasteiger charge is 2.15. The molecule has 25 heavy (non-hydrogen) atoms. The van der Waals surface area contributed by atoms with Crippen molar-refractivity contribution in [1.29, 1.82) is 0 Å². The summed E-state index contributed by atoms with van der Waals surface area (Å²) < 4.78 is 13.7. The van der Waals surface area contributed by atoms with Crippen molar-refractivity contribution < 1.29 is 9.18 Å². The third kappa shape index (κ3) is 4.56. The molecule has 0 unspecified atom stereocenters. The van der Waals surface area contributed by atoms with E-state index < -0.39 is 0 Å². The summed E-state index contributed by atoms with van der Waals surface area (Å²) in [4.78, 5) is 12.2. The van der Waals surface area contributed by atoms with Crippen LogP contribution in [-0.4, -0.2) is 11.7 Å². The highest BCUT2D eigenvalue weighted by atomic mass is 35.5. The maximum absolute atomic E-state index is 13.7. The molecule has 0 saturated carbocycles. The Hall–Kier alpha value is -1.52. The van der Waals surface area contributed by atoms with E-state index in [0.717, 1.165) is 18.4 Å². The zero-order valence-corrected chi connectivity index (χ0v) is 15.7. The number of nitrogens with one attached hydrogen (secondary N) is 1. The minimum Gasteiger partial charge on any atom is -0.349 e. The van der Waals surface area contributed by atoms with E-state index in [4.69, 9.17) is 11.6 Å². The van der Waals surface area contributed by atoms with Gasteiger partial charge >= 0.3 is 0 Å². The van der Waals surface area contributed by atoms with E-state index in [1.807, 2.05) is 6.92 Å². The van der Waals surface area contributed by atoms with Gasteiger partial charge < -0.3 is 5.32 Å². The predicted molar refractivity (Wildman–Crippen MR) is 103 cm³/mol. The van der Waals surface area contributed by atoms with E-state index in [-0.39, 0.29) is 23.5 Å². The molecule has 1 aliphatic rings. The Balaban J connectivity index is 1.50. The van der Waals surface area contributed by atoms with Crippen LogP contribution in [0, 0.1) is 5.82 Å². The summed E-state index contributed by atoms with van der Waals surface area (Å²) in [6, 6.07) is 11.1. The van der Waals surface area contributed by atoms with E-state index in [1.165, 1.54) is 35.4 Å². The van der Waals surface area contributed by atoms with Crippen LogP contribution in [0.2, 0.25) is 5.02 Å². The Morgan fingerprint density at radius 3 is 2.88 bits per heavy atom. The summed E-state index contributed by atoms with van der Waals surface area (Å²) >= 11 is 7.37. The van der Waals surface area contributed by atoms with Gasteiger partial charge in [-0.05, 0) is 55.0 Å². The van der Waals surface area contributed by atoms with Gasteiger partial charge in [-0.1, -0.05) is 35.9 Å². The number of benzene rings is 2. The van der Waals surface area contributed by atoms with Crippen LogP contribution in [-0.2, 0) is 23.4 Å². The first-order valence-electron chi connectivity index (χ1n) is 8.46. The standard InChI is InChI=1S/C20H21ClFNOS/c1-13(15-9-8-14-4-2-5-16(14)10-15)23-20(24)12-25-11-17-18(21)6-3-7-19(17)22/h3,6-10,13H,2,4-5,11-12H2,1H3,(H,23,24)/t13-/m0/s1. The predicted octanol–water partition coefficient (Wildman–Crippen LogP) is 5.08. The maximum atomic E-state index is 13.7. The number of rotatable bonds is 6. The molecule has 0 radical (unpaired) electrons. The highest BCUT2D eigenvalue weighted by molar-refractivity contribution is 7.99. The normalized spacial score (nSPS) is 14.2. The van der Waals surface area contributed by atoms with Crippen LogP contribution in [0.15, 0.2) is 36.4 Å². The minimum atomic E-state index is -0.327. The van der Waals surface area contributed by atoms with E-state index in [0.29, 0.717) is 16.3 Å². The Kier molecular flexibility index (Phi) is 6.02. The molecule has 1 N–H and O–H groups in total. The van der Waals surface area contributed by atoms with Gasteiger partial charge in [0.25, 0.3) is 0 Å². The molecular formula is C20H21ClFNOS. The Morgan fingerprint density at radius 2 is 2.08 bits per heavy atom. The lowest BCUT2D eigenvalue weighted by atomic mass is 10.0. The van der Waals surface area contributed by atoms with Crippen molar-refractivity contribution in [2.24, 2.45) is 0 Å². The fourth-order valence-corrected chi connectivity index (χ4v) is 4.32. The molecule has 0 heterocycles. The van der Waals surface area contributed by atoms with E-state index in [2.05, 4.69) is 23.5 Å². The van der Waals surface area contributed by atoms with Crippen LogP contribution in [0.25, 0.3) is 0 Å². The van der Waals surface area contributed by atoms with Gasteiger partial charge in [0.15, 0.2) is 0 Å². The average molecular weight is 378 g/mol. The van der Waals surface area contributed by atoms with Crippen molar-refractivity contribution in [3.8, 4) is 0 Å². The third-order valence-electron chi connectivity index (χ3n) is 4.54. The topological polar surface area (TPSA) is 29.1 Å². The molecule has 0 aliphatic heterocycles. The minimum absolute atomic E-state index is 0.0314. The SMILES string of the molecule is C[C@H](NC(=O)CSCc1c(F)cccc1Cl)c1ccc2c(c1)CCC2. The molecule has 0 bridgehead atoms. The van der Waals surface area contributed by atoms with Gasteiger partial charge in [-0.15, -0.1) is 11.8 Å². The zero-order valence-electron chi connectivity index (χ0n) is 14.1. The Morgan fingerprint density at radius 1 is 1.28 bits per heavy atom. The van der Waals surface area contributed by atoms with Crippen molar-refractivity contribution in [2.45, 2.75) is 38.0 Å². The van der Waals surface area contributed by atoms with E-state index in [1.54, 1.807) is 12.1 Å². The van der Waals surface area contributed by atoms with Crippen molar-refractivity contribution >= 4 is 29.3 Å². The molecule has 0 saturated heterocycles. The number of thioether (sulfide) groups is 1. The zero-order chi connectivity index (χ0) is 17.8. The average Bonchev–Trinajstić information content (AvgIpc) is 3.05. The molecule has 0 spiro atoms. The van der Waals surface area contributed by atoms with Gasteiger partial charge in [-0.3, -0.25) is 4.79 Å². The molecule has 3 rings (SSSR count). The second-order valence-corrected chi connectivity index (χ2v) is 7.76. The number of amides is 1. The summed E-state index contributed by atoms with van der Waals surface area (Å²) in [5.41, 5.74) is 4.42. The molecule has 0 fully saturated rings. The third-order valence-corrected chi connectivity index (χ3v) is 5.85. The number of carbonyl (C=O) groups excluding carboxylic acids is 1. The molecule has 5 heteroatoms. The maximum Gasteiger partial charge on any atom is 0.230 e. The summed E-state index contributed by atoms with van der Waals surface area (Å²) in [6.45, 7) is 1.99. The van der Waals surface area contributed by atoms with Crippen LogP contribution in [0.4, 0.5) is 4.39 Å². The quantitative estimate of drug-likeness (QED) is 0.760. The Labute approximate surface area is 157 Å². The molecular weight excluding hydrogens is 357 g/mol. The number of fused-ring (bicyclic) bond motifs is 1. The second-order valence-electron chi connectivity index (χ2n) is 6.36. The van der Waals surface area contributed by atoms with Gasteiger partial charge in [0.05, 0.1) is 11.8 Å². The number of hydrogen-bond donors (Lipinski definition) is 1. The summed E-state index contributed by atoms with van der Waals surface area (Å²) in [6.07, 6.45) is 3.50. The Bertz CT molecular complexity index is 760. The molecule has 0 aromatic heterocycles. The van der Waals surface area contributed by atoms with Crippen LogP contribution < -0.4 is 5.32 Å². The van der Waals surface area contributed by atoms with Gasteiger partial charge in [0, 0.05) is 16.3 Å². The number of halogens is 2. The molecule has 1 amide bonds. The first-order chi connectivity index (χ1) is 12.0. The molecule has 2 aromatic carbocycles. The van der Waals surface area contributed by atoms with Crippen LogP contribution in [0.3, 0.4) is 0 Å². The summed E-state index contributed by atoms with van der Waals surface area (Å²) in [5, 5.41) is 3.42. The van der Waals surface area contributed by atoms with Crippen LogP contribution in [0.5, 0.6) is 0 Å². The smallest absolute Gasteiger partial charge is 0.230 e. The lowest BCUT2D eigenvalue weighted by Gasteiger charge is -2.15. The van der Waals surface area contributed by atoms with Crippen molar-refractivity contribution in [1.82, 2.24) is 5.32 Å². The molecule has 132 valence electrons. The van der Waals surface area contributed by atoms with Gasteiger partial charge in [0.2, 0.25) is 5.91 Å². The second kappa shape index (κ2) is 8.24. The lowest BCUT2D eigenvalue weighted by molar-refractivity contribution is -0.119. The summed E-state index contributed by atoms with van der Waals surface area (Å²) in [5.74, 6) is 0.281. The van der Waals surface area contributed by atoms with Crippen LogP contribution >= 0.6 is 23.4 Å². The van der Waals surface area contributed by atoms with Crippen LogP contribution in [0.1, 0.15) is 41.6 Å². The molecule has 2 aromatic rings. The van der Waals surface area contributed by atoms with Gasteiger partial charge in [-0.25, -0.2) is 4.39 Å². The van der Waals surface area contributed by atoms with Crippen molar-refractivity contribution in [2.75, 3.05) is 5.75 Å². The molecule has 1 aliphatic carbocycles. The number of carbonyl (C=O) groups is 1. The monoisotopic (exact) mass is 377 g/mol. The molecule has 2 nitrogen and oxygen atoms in total. The summed E-state index contributed by atoms with van der Waals surface area (Å²) in [7, 11) is 0. The largest absolute Gasteiger partial charge is 0.349 e. The fourth-order valence-electron chi connectivity index (χ4n) is 3.14. The van der Waals surface area contributed by atoms with E-state index in [9.17, 15) is 9.18 Å². The molecule has 1 atom stereocenters. The van der Waals surface area contributed by atoms with Crippen molar-refractivity contribution in [3.05, 3.63) is 69.5 Å².